The second kappa shape index (κ2) is 8.05. The fraction of sp³-hybridized carbons (Fsp3) is 0.545. The maximum atomic E-state index is 13.9. The number of rotatable bonds is 4. The third kappa shape index (κ3) is 3.70. The Hall–Kier alpha value is -2.57. The Morgan fingerprint density at radius 1 is 1.24 bits per heavy atom. The molecule has 1 aliphatic carbocycles. The van der Waals surface area contributed by atoms with E-state index in [1.165, 1.54) is 38.9 Å². The van der Waals surface area contributed by atoms with Gasteiger partial charge in [0, 0.05) is 32.7 Å². The molecular formula is C22H28FN3O3. The number of piperidine rings is 1. The van der Waals surface area contributed by atoms with E-state index in [0.29, 0.717) is 28.6 Å². The molecule has 7 heteroatoms. The Morgan fingerprint density at radius 3 is 2.72 bits per heavy atom. The van der Waals surface area contributed by atoms with Gasteiger partial charge in [0.2, 0.25) is 0 Å². The largest absolute Gasteiger partial charge is 0.494 e. The van der Waals surface area contributed by atoms with Crippen molar-refractivity contribution in [3.63, 3.8) is 0 Å². The molecule has 0 spiro atoms. The third-order valence-electron chi connectivity index (χ3n) is 6.30. The van der Waals surface area contributed by atoms with Gasteiger partial charge in [0.1, 0.15) is 5.56 Å². The Bertz CT molecular complexity index is 895. The molecule has 4 rings (SSSR count). The molecule has 0 unspecified atom stereocenters. The SMILES string of the molecule is COc1cc(-c2onc(N(C)C)c2C(=O)N2CC[C@@H]3CCCC[C@@H]3C2)ccc1F. The summed E-state index contributed by atoms with van der Waals surface area (Å²) in [6.45, 7) is 1.54. The quantitative estimate of drug-likeness (QED) is 0.768. The maximum absolute atomic E-state index is 13.9. The molecule has 1 aliphatic heterocycles. The number of aromatic nitrogens is 1. The highest BCUT2D eigenvalue weighted by Crippen LogP contribution is 2.39. The normalized spacial score (nSPS) is 21.6. The Labute approximate surface area is 170 Å². The van der Waals surface area contributed by atoms with Crippen molar-refractivity contribution in [2.75, 3.05) is 39.2 Å². The fourth-order valence-electron chi connectivity index (χ4n) is 4.72. The van der Waals surface area contributed by atoms with Crippen LogP contribution in [0.3, 0.4) is 0 Å². The van der Waals surface area contributed by atoms with Crippen molar-refractivity contribution in [1.82, 2.24) is 10.1 Å². The monoisotopic (exact) mass is 401 g/mol. The number of hydrogen-bond donors (Lipinski definition) is 0. The zero-order chi connectivity index (χ0) is 20.5. The second-order valence-electron chi connectivity index (χ2n) is 8.30. The first-order valence-corrected chi connectivity index (χ1v) is 10.3. The molecule has 2 atom stereocenters. The Balaban J connectivity index is 1.69. The van der Waals surface area contributed by atoms with Gasteiger partial charge in [0.15, 0.2) is 23.1 Å². The van der Waals surface area contributed by atoms with Crippen LogP contribution in [0.25, 0.3) is 11.3 Å². The van der Waals surface area contributed by atoms with E-state index in [0.717, 1.165) is 25.4 Å². The van der Waals surface area contributed by atoms with Gasteiger partial charge in [-0.15, -0.1) is 0 Å². The minimum absolute atomic E-state index is 0.0720. The summed E-state index contributed by atoms with van der Waals surface area (Å²) in [4.78, 5) is 17.3. The van der Waals surface area contributed by atoms with Crippen LogP contribution in [0.5, 0.6) is 5.75 Å². The van der Waals surface area contributed by atoms with Gasteiger partial charge in [0.05, 0.1) is 7.11 Å². The number of ether oxygens (including phenoxy) is 1. The number of amides is 1. The first kappa shape index (κ1) is 19.7. The lowest BCUT2D eigenvalue weighted by Gasteiger charge is -2.41. The third-order valence-corrected chi connectivity index (χ3v) is 6.30. The highest BCUT2D eigenvalue weighted by Gasteiger charge is 2.36. The molecule has 0 bridgehead atoms. The summed E-state index contributed by atoms with van der Waals surface area (Å²) in [5, 5.41) is 4.14. The van der Waals surface area contributed by atoms with E-state index < -0.39 is 5.82 Å². The van der Waals surface area contributed by atoms with Crippen molar-refractivity contribution >= 4 is 11.7 Å². The van der Waals surface area contributed by atoms with Crippen LogP contribution in [0.1, 0.15) is 42.5 Å². The minimum atomic E-state index is -0.462. The van der Waals surface area contributed by atoms with Crippen LogP contribution in [-0.2, 0) is 0 Å². The van der Waals surface area contributed by atoms with E-state index >= 15 is 0 Å². The number of fused-ring (bicyclic) bond motifs is 1. The van der Waals surface area contributed by atoms with Crippen LogP contribution in [0.2, 0.25) is 0 Å². The van der Waals surface area contributed by atoms with Crippen molar-refractivity contribution in [3.05, 3.63) is 29.6 Å². The highest BCUT2D eigenvalue weighted by atomic mass is 19.1. The number of halogens is 1. The lowest BCUT2D eigenvalue weighted by molar-refractivity contribution is 0.0521. The van der Waals surface area contributed by atoms with Gasteiger partial charge in [-0.3, -0.25) is 4.79 Å². The van der Waals surface area contributed by atoms with Gasteiger partial charge in [-0.1, -0.05) is 24.4 Å². The molecule has 6 nitrogen and oxygen atoms in total. The van der Waals surface area contributed by atoms with Crippen LogP contribution < -0.4 is 9.64 Å². The molecular weight excluding hydrogens is 373 g/mol. The molecule has 1 saturated heterocycles. The molecule has 1 saturated carbocycles. The molecule has 1 aromatic heterocycles. The van der Waals surface area contributed by atoms with Crippen LogP contribution in [0.15, 0.2) is 22.7 Å². The van der Waals surface area contributed by atoms with Gasteiger partial charge < -0.3 is 19.1 Å². The zero-order valence-electron chi connectivity index (χ0n) is 17.3. The molecule has 156 valence electrons. The topological polar surface area (TPSA) is 58.8 Å². The fourth-order valence-corrected chi connectivity index (χ4v) is 4.72. The lowest BCUT2D eigenvalue weighted by Crippen LogP contribution is -2.45. The number of carbonyl (C=O) groups is 1. The summed E-state index contributed by atoms with van der Waals surface area (Å²) in [6.07, 6.45) is 6.09. The number of benzene rings is 1. The molecule has 0 radical (unpaired) electrons. The summed E-state index contributed by atoms with van der Waals surface area (Å²) < 4.78 is 24.6. The summed E-state index contributed by atoms with van der Waals surface area (Å²) in [5.74, 6) is 1.73. The van der Waals surface area contributed by atoms with E-state index in [2.05, 4.69) is 5.16 Å². The molecule has 2 fully saturated rings. The van der Waals surface area contributed by atoms with E-state index in [1.807, 2.05) is 19.0 Å². The summed E-state index contributed by atoms with van der Waals surface area (Å²) in [6, 6.07) is 4.44. The first-order valence-electron chi connectivity index (χ1n) is 10.3. The van der Waals surface area contributed by atoms with E-state index in [4.69, 9.17) is 9.26 Å². The molecule has 29 heavy (non-hydrogen) atoms. The number of hydrogen-bond acceptors (Lipinski definition) is 5. The predicted molar refractivity (Wildman–Crippen MR) is 109 cm³/mol. The van der Waals surface area contributed by atoms with Crippen molar-refractivity contribution < 1.29 is 18.4 Å². The number of nitrogens with zero attached hydrogens (tertiary/aromatic N) is 3. The van der Waals surface area contributed by atoms with Crippen molar-refractivity contribution in [2.45, 2.75) is 32.1 Å². The number of carbonyl (C=O) groups excluding carboxylic acids is 1. The first-order chi connectivity index (χ1) is 14.0. The predicted octanol–water partition coefficient (Wildman–Crippen LogP) is 4.21. The van der Waals surface area contributed by atoms with E-state index in [1.54, 1.807) is 17.0 Å². The summed E-state index contributed by atoms with van der Waals surface area (Å²) in [5.41, 5.74) is 0.998. The lowest BCUT2D eigenvalue weighted by atomic mass is 9.75. The summed E-state index contributed by atoms with van der Waals surface area (Å²) >= 11 is 0. The van der Waals surface area contributed by atoms with Crippen molar-refractivity contribution in [1.29, 1.82) is 0 Å². The second-order valence-corrected chi connectivity index (χ2v) is 8.30. The number of anilines is 1. The van der Waals surface area contributed by atoms with Crippen molar-refractivity contribution in [3.8, 4) is 17.1 Å². The number of likely N-dealkylation sites (tertiary alicyclic amines) is 1. The molecule has 2 heterocycles. The average Bonchev–Trinajstić information content (AvgIpc) is 3.18. The van der Waals surface area contributed by atoms with Gasteiger partial charge >= 0.3 is 0 Å². The molecule has 2 aliphatic rings. The minimum Gasteiger partial charge on any atom is -0.494 e. The molecule has 0 N–H and O–H groups in total. The molecule has 1 aromatic carbocycles. The number of methoxy groups -OCH3 is 1. The van der Waals surface area contributed by atoms with Crippen molar-refractivity contribution in [2.24, 2.45) is 11.8 Å². The van der Waals surface area contributed by atoms with E-state index in [-0.39, 0.29) is 11.7 Å². The van der Waals surface area contributed by atoms with Crippen LogP contribution in [0.4, 0.5) is 10.2 Å². The van der Waals surface area contributed by atoms with Gasteiger partial charge in [-0.2, -0.15) is 0 Å². The standard InChI is InChI=1S/C22H28FN3O3/c1-25(2)21-19(20(29-24-21)15-8-9-17(23)18(12-15)28-3)22(27)26-11-10-14-6-4-5-7-16(14)13-26/h8-9,12,14,16H,4-7,10-11,13H2,1-3H3/t14-,16+/m0/s1. The van der Waals surface area contributed by atoms with Crippen LogP contribution in [-0.4, -0.2) is 50.3 Å². The summed E-state index contributed by atoms with van der Waals surface area (Å²) in [7, 11) is 5.07. The zero-order valence-corrected chi connectivity index (χ0v) is 17.3. The highest BCUT2D eigenvalue weighted by molar-refractivity contribution is 6.04. The maximum Gasteiger partial charge on any atom is 0.261 e. The molecule has 2 aromatic rings. The van der Waals surface area contributed by atoms with Crippen LogP contribution in [0, 0.1) is 17.7 Å². The Morgan fingerprint density at radius 2 is 2.00 bits per heavy atom. The van der Waals surface area contributed by atoms with Gasteiger partial charge in [-0.05, 0) is 42.9 Å². The smallest absolute Gasteiger partial charge is 0.261 e. The average molecular weight is 401 g/mol. The van der Waals surface area contributed by atoms with Gasteiger partial charge in [-0.25, -0.2) is 4.39 Å². The Kier molecular flexibility index (Phi) is 5.48. The van der Waals surface area contributed by atoms with E-state index in [9.17, 15) is 9.18 Å². The van der Waals surface area contributed by atoms with Gasteiger partial charge in [0.25, 0.3) is 5.91 Å². The van der Waals surface area contributed by atoms with Crippen LogP contribution >= 0.6 is 0 Å². The molecule has 1 amide bonds.